The van der Waals surface area contributed by atoms with Gasteiger partial charge in [-0.2, -0.15) is 0 Å². The molecule has 3 aromatic rings. The fourth-order valence-electron chi connectivity index (χ4n) is 3.89. The van der Waals surface area contributed by atoms with Crippen LogP contribution in [-0.2, 0) is 14.4 Å². The number of halogens is 2. The molecule has 0 bridgehead atoms. The van der Waals surface area contributed by atoms with Gasteiger partial charge in [-0.3, -0.25) is 19.7 Å². The van der Waals surface area contributed by atoms with E-state index in [2.05, 4.69) is 26.6 Å². The topological polar surface area (TPSA) is 114 Å². The van der Waals surface area contributed by atoms with E-state index in [0.29, 0.717) is 11.3 Å². The number of anilines is 2. The zero-order chi connectivity index (χ0) is 28.3. The molecule has 1 saturated heterocycles. The van der Waals surface area contributed by atoms with E-state index < -0.39 is 23.8 Å². The fourth-order valence-corrected chi connectivity index (χ4v) is 4.43. The lowest BCUT2D eigenvalue weighted by molar-refractivity contribution is -0.122. The van der Waals surface area contributed by atoms with Gasteiger partial charge >= 0.3 is 6.03 Å². The third-order valence-corrected chi connectivity index (χ3v) is 6.56. The van der Waals surface area contributed by atoms with Gasteiger partial charge in [0.05, 0.1) is 17.8 Å². The minimum atomic E-state index is -0.858. The molecule has 0 aliphatic carbocycles. The van der Waals surface area contributed by atoms with Crippen LogP contribution in [0.1, 0.15) is 16.7 Å². The van der Waals surface area contributed by atoms with Gasteiger partial charge in [-0.15, -0.1) is 0 Å². The highest BCUT2D eigenvalue weighted by atomic mass is 79.9. The van der Waals surface area contributed by atoms with E-state index in [9.17, 15) is 19.2 Å². The minimum Gasteiger partial charge on any atom is -0.493 e. The summed E-state index contributed by atoms with van der Waals surface area (Å²) < 4.78 is 11.8. The lowest BCUT2D eigenvalue weighted by atomic mass is 10.1. The monoisotopic (exact) mass is 611 g/mol. The first-order valence-corrected chi connectivity index (χ1v) is 12.8. The number of carbonyl (C=O) groups is 4. The highest BCUT2D eigenvalue weighted by Gasteiger charge is 2.36. The van der Waals surface area contributed by atoms with E-state index in [4.69, 9.17) is 21.1 Å². The van der Waals surface area contributed by atoms with Gasteiger partial charge in [0.25, 0.3) is 17.7 Å². The molecule has 4 rings (SSSR count). The van der Waals surface area contributed by atoms with Gasteiger partial charge in [-0.1, -0.05) is 45.2 Å². The molecule has 0 radical (unpaired) electrons. The van der Waals surface area contributed by atoms with Crippen molar-refractivity contribution in [1.82, 2.24) is 5.32 Å². The van der Waals surface area contributed by atoms with E-state index >= 15 is 0 Å². The molecule has 1 heterocycles. The molecule has 200 valence electrons. The first-order valence-electron chi connectivity index (χ1n) is 11.6. The molecule has 5 amide bonds. The Morgan fingerprint density at radius 2 is 1.79 bits per heavy atom. The van der Waals surface area contributed by atoms with Crippen LogP contribution in [0.15, 0.2) is 64.6 Å². The number of urea groups is 1. The lowest BCUT2D eigenvalue weighted by Crippen LogP contribution is -2.54. The van der Waals surface area contributed by atoms with Crippen LogP contribution >= 0.6 is 27.5 Å². The number of barbiturate groups is 1. The number of carbonyl (C=O) groups excluding carboxylic acids is 4. The summed E-state index contributed by atoms with van der Waals surface area (Å²) >= 11 is 9.74. The van der Waals surface area contributed by atoms with Crippen molar-refractivity contribution in [2.24, 2.45) is 0 Å². The second kappa shape index (κ2) is 11.7. The van der Waals surface area contributed by atoms with Crippen LogP contribution in [0.3, 0.4) is 0 Å². The molecule has 0 unspecified atom stereocenters. The van der Waals surface area contributed by atoms with E-state index in [0.717, 1.165) is 20.5 Å². The third-order valence-electron chi connectivity index (χ3n) is 5.75. The number of rotatable bonds is 7. The van der Waals surface area contributed by atoms with Crippen molar-refractivity contribution in [1.29, 1.82) is 0 Å². The molecular weight excluding hydrogens is 590 g/mol. The third kappa shape index (κ3) is 6.30. The van der Waals surface area contributed by atoms with Crippen LogP contribution in [0.2, 0.25) is 5.02 Å². The zero-order valence-corrected chi connectivity index (χ0v) is 23.5. The smallest absolute Gasteiger partial charge is 0.335 e. The predicted octanol–water partition coefficient (Wildman–Crippen LogP) is 5.41. The Morgan fingerprint density at radius 1 is 1.08 bits per heavy atom. The first kappa shape index (κ1) is 27.9. The van der Waals surface area contributed by atoms with Crippen LogP contribution < -0.4 is 25.0 Å². The quantitative estimate of drug-likeness (QED) is 0.272. The molecule has 39 heavy (non-hydrogen) atoms. The summed E-state index contributed by atoms with van der Waals surface area (Å²) in [6.45, 7) is 3.51. The Balaban J connectivity index is 1.55. The summed E-state index contributed by atoms with van der Waals surface area (Å²) in [7, 11) is 1.39. The van der Waals surface area contributed by atoms with E-state index in [-0.39, 0.29) is 34.4 Å². The second-order valence-electron chi connectivity index (χ2n) is 8.62. The molecule has 0 atom stereocenters. The van der Waals surface area contributed by atoms with Gasteiger partial charge in [-0.25, -0.2) is 9.69 Å². The average molecular weight is 613 g/mol. The molecule has 1 aliphatic rings. The van der Waals surface area contributed by atoms with Gasteiger partial charge in [-0.05, 0) is 73.5 Å². The number of imide groups is 2. The molecular formula is C28H23BrClN3O6. The van der Waals surface area contributed by atoms with Crippen LogP contribution in [0.4, 0.5) is 16.2 Å². The number of nitrogens with zero attached hydrogens (tertiary/aromatic N) is 1. The Morgan fingerprint density at radius 3 is 2.46 bits per heavy atom. The van der Waals surface area contributed by atoms with Crippen molar-refractivity contribution in [3.63, 3.8) is 0 Å². The van der Waals surface area contributed by atoms with Gasteiger partial charge in [0, 0.05) is 10.2 Å². The Labute approximate surface area is 237 Å². The lowest BCUT2D eigenvalue weighted by Gasteiger charge is -2.26. The maximum atomic E-state index is 13.1. The standard InChI is InChI=1S/C28H23BrClN3O6/c1-15-4-9-22(16(2)10-15)31-24(34)14-39-25-21(30)12-17(13-23(25)38-3)11-20-26(35)32-28(37)33(27(20)36)19-7-5-18(29)6-8-19/h4-13H,14H2,1-3H3,(H,31,34)(H,32,35,37)/b20-11+. The summed E-state index contributed by atoms with van der Waals surface area (Å²) in [4.78, 5) is 51.4. The Hall–Kier alpha value is -4.15. The van der Waals surface area contributed by atoms with E-state index in [1.54, 1.807) is 24.3 Å². The van der Waals surface area contributed by atoms with Crippen molar-refractivity contribution in [2.75, 3.05) is 23.9 Å². The summed E-state index contributed by atoms with van der Waals surface area (Å²) in [5.41, 5.74) is 3.01. The molecule has 3 aromatic carbocycles. The Kier molecular flexibility index (Phi) is 8.37. The number of methoxy groups -OCH3 is 1. The molecule has 11 heteroatoms. The maximum Gasteiger partial charge on any atom is 0.335 e. The fraction of sp³-hybridized carbons (Fsp3) is 0.143. The first-order chi connectivity index (χ1) is 18.6. The highest BCUT2D eigenvalue weighted by molar-refractivity contribution is 9.10. The van der Waals surface area contributed by atoms with Crippen molar-refractivity contribution in [2.45, 2.75) is 13.8 Å². The number of benzene rings is 3. The summed E-state index contributed by atoms with van der Waals surface area (Å²) in [5.74, 6) is -1.75. The summed E-state index contributed by atoms with van der Waals surface area (Å²) in [6, 6.07) is 14.2. The van der Waals surface area contributed by atoms with Crippen molar-refractivity contribution in [3.05, 3.63) is 86.4 Å². The van der Waals surface area contributed by atoms with Crippen LogP contribution in [-0.4, -0.2) is 37.5 Å². The number of aryl methyl sites for hydroxylation is 2. The van der Waals surface area contributed by atoms with Crippen LogP contribution in [0, 0.1) is 13.8 Å². The molecule has 0 aromatic heterocycles. The molecule has 0 spiro atoms. The maximum absolute atomic E-state index is 13.1. The minimum absolute atomic E-state index is 0.0880. The highest BCUT2D eigenvalue weighted by Crippen LogP contribution is 2.37. The predicted molar refractivity (Wildman–Crippen MR) is 151 cm³/mol. The van der Waals surface area contributed by atoms with E-state index in [1.807, 2.05) is 32.0 Å². The summed E-state index contributed by atoms with van der Waals surface area (Å²) in [6.07, 6.45) is 1.29. The number of hydrogen-bond acceptors (Lipinski definition) is 6. The number of nitrogens with one attached hydrogen (secondary N) is 2. The zero-order valence-electron chi connectivity index (χ0n) is 21.1. The summed E-state index contributed by atoms with van der Waals surface area (Å²) in [5, 5.41) is 5.05. The molecule has 1 aliphatic heterocycles. The second-order valence-corrected chi connectivity index (χ2v) is 9.95. The SMILES string of the molecule is COc1cc(/C=C2\C(=O)NC(=O)N(c3ccc(Br)cc3)C2=O)cc(Cl)c1OCC(=O)Nc1ccc(C)cc1C. The van der Waals surface area contributed by atoms with Gasteiger partial charge in [0.1, 0.15) is 5.57 Å². The van der Waals surface area contributed by atoms with Crippen LogP contribution in [0.5, 0.6) is 11.5 Å². The number of ether oxygens (including phenoxy) is 2. The number of amides is 5. The van der Waals surface area contributed by atoms with Crippen molar-refractivity contribution >= 4 is 68.7 Å². The van der Waals surface area contributed by atoms with Crippen molar-refractivity contribution in [3.8, 4) is 11.5 Å². The molecule has 2 N–H and O–H groups in total. The molecule has 1 fully saturated rings. The largest absolute Gasteiger partial charge is 0.493 e. The normalized spacial score (nSPS) is 14.3. The molecule has 9 nitrogen and oxygen atoms in total. The van der Waals surface area contributed by atoms with Crippen molar-refractivity contribution < 1.29 is 28.7 Å². The van der Waals surface area contributed by atoms with Gasteiger partial charge in [0.15, 0.2) is 18.1 Å². The Bertz CT molecular complexity index is 1520. The average Bonchev–Trinajstić information content (AvgIpc) is 2.88. The molecule has 0 saturated carbocycles. The van der Waals surface area contributed by atoms with Crippen LogP contribution in [0.25, 0.3) is 6.08 Å². The number of hydrogen-bond donors (Lipinski definition) is 2. The van der Waals surface area contributed by atoms with Gasteiger partial charge < -0.3 is 14.8 Å². The van der Waals surface area contributed by atoms with Gasteiger partial charge in [0.2, 0.25) is 0 Å². The van der Waals surface area contributed by atoms with E-state index in [1.165, 1.54) is 25.3 Å².